The molecule has 0 saturated heterocycles. The highest BCUT2D eigenvalue weighted by Crippen LogP contribution is 2.27. The normalized spacial score (nSPS) is 11.7. The monoisotopic (exact) mass is 377 g/mol. The second kappa shape index (κ2) is 6.83. The highest BCUT2D eigenvalue weighted by molar-refractivity contribution is 5.98. The van der Waals surface area contributed by atoms with Crippen LogP contribution in [0.4, 0.5) is 5.82 Å². The standard InChI is InChI=1S/C18H15N7O3/c1-10(22-27)12-3-2-4-13(9-12)25-16(19)15(21-24-25)18-20-17(23-28-18)11-5-7-14(26)8-6-11/h2-9,26-27H,19H2,1H3/b22-10+. The molecule has 4 aromatic rings. The SMILES string of the molecule is C/C(=N\O)c1cccc(-n2nnc(-c3nc(-c4ccc(O)cc4)no3)c2N)c1. The number of anilines is 1. The molecule has 4 N–H and O–H groups in total. The maximum atomic E-state index is 9.38. The van der Waals surface area contributed by atoms with Gasteiger partial charge >= 0.3 is 0 Å². The number of phenols is 1. The third-order valence-corrected chi connectivity index (χ3v) is 4.12. The highest BCUT2D eigenvalue weighted by atomic mass is 16.5. The number of hydrogen-bond acceptors (Lipinski definition) is 9. The summed E-state index contributed by atoms with van der Waals surface area (Å²) < 4.78 is 6.70. The number of oxime groups is 1. The molecule has 0 aliphatic heterocycles. The zero-order valence-electron chi connectivity index (χ0n) is 14.7. The fraction of sp³-hybridized carbons (Fsp3) is 0.0556. The third-order valence-electron chi connectivity index (χ3n) is 4.12. The van der Waals surface area contributed by atoms with E-state index in [9.17, 15) is 5.11 Å². The topological polar surface area (TPSA) is 148 Å². The van der Waals surface area contributed by atoms with Gasteiger partial charge in [0.2, 0.25) is 5.82 Å². The summed E-state index contributed by atoms with van der Waals surface area (Å²) in [6.07, 6.45) is 0. The van der Waals surface area contributed by atoms with Crippen molar-refractivity contribution in [2.24, 2.45) is 5.16 Å². The molecule has 0 aliphatic rings. The molecule has 2 aromatic carbocycles. The minimum atomic E-state index is 0.121. The first-order chi connectivity index (χ1) is 13.6. The predicted molar refractivity (Wildman–Crippen MR) is 100 cm³/mol. The van der Waals surface area contributed by atoms with Gasteiger partial charge in [0.05, 0.1) is 11.4 Å². The van der Waals surface area contributed by atoms with Gasteiger partial charge in [-0.3, -0.25) is 0 Å². The van der Waals surface area contributed by atoms with Gasteiger partial charge in [-0.15, -0.1) is 5.10 Å². The summed E-state index contributed by atoms with van der Waals surface area (Å²) in [6.45, 7) is 1.68. The van der Waals surface area contributed by atoms with Crippen LogP contribution in [0.2, 0.25) is 0 Å². The van der Waals surface area contributed by atoms with E-state index in [0.29, 0.717) is 28.4 Å². The van der Waals surface area contributed by atoms with Crippen LogP contribution in [0.3, 0.4) is 0 Å². The molecule has 0 unspecified atom stereocenters. The summed E-state index contributed by atoms with van der Waals surface area (Å²) in [5.41, 5.74) is 8.91. The Morgan fingerprint density at radius 1 is 1.18 bits per heavy atom. The molecule has 4 rings (SSSR count). The van der Waals surface area contributed by atoms with Gasteiger partial charge in [-0.2, -0.15) is 9.67 Å². The van der Waals surface area contributed by atoms with Crippen molar-refractivity contribution >= 4 is 11.5 Å². The second-order valence-electron chi connectivity index (χ2n) is 5.94. The Kier molecular flexibility index (Phi) is 4.20. The maximum Gasteiger partial charge on any atom is 0.282 e. The molecule has 0 radical (unpaired) electrons. The predicted octanol–water partition coefficient (Wildman–Crippen LogP) is 2.47. The van der Waals surface area contributed by atoms with Crippen LogP contribution in [0, 0.1) is 0 Å². The lowest BCUT2D eigenvalue weighted by atomic mass is 10.1. The summed E-state index contributed by atoms with van der Waals surface area (Å²) in [7, 11) is 0. The van der Waals surface area contributed by atoms with Crippen LogP contribution in [0.1, 0.15) is 12.5 Å². The minimum Gasteiger partial charge on any atom is -0.508 e. The van der Waals surface area contributed by atoms with Gasteiger partial charge < -0.3 is 20.6 Å². The van der Waals surface area contributed by atoms with Crippen molar-refractivity contribution in [3.05, 3.63) is 54.1 Å². The number of hydrogen-bond donors (Lipinski definition) is 3. The van der Waals surface area contributed by atoms with E-state index in [1.807, 2.05) is 0 Å². The largest absolute Gasteiger partial charge is 0.508 e. The number of nitrogens with two attached hydrogens (primary N) is 1. The smallest absolute Gasteiger partial charge is 0.282 e. The number of rotatable bonds is 4. The van der Waals surface area contributed by atoms with E-state index in [-0.39, 0.29) is 23.2 Å². The van der Waals surface area contributed by atoms with Crippen LogP contribution in [-0.2, 0) is 0 Å². The Hall–Kier alpha value is -4.21. The van der Waals surface area contributed by atoms with Gasteiger partial charge in [0.25, 0.3) is 5.89 Å². The average Bonchev–Trinajstić information content (AvgIpc) is 3.35. The average molecular weight is 377 g/mol. The van der Waals surface area contributed by atoms with Crippen molar-refractivity contribution in [3.63, 3.8) is 0 Å². The molecule has 28 heavy (non-hydrogen) atoms. The second-order valence-corrected chi connectivity index (χ2v) is 5.94. The summed E-state index contributed by atoms with van der Waals surface area (Å²) in [5, 5.41) is 33.6. The number of aromatic hydroxyl groups is 1. The van der Waals surface area contributed by atoms with Crippen LogP contribution in [0.15, 0.2) is 58.2 Å². The summed E-state index contributed by atoms with van der Waals surface area (Å²) >= 11 is 0. The molecule has 10 heteroatoms. The Labute approximate surface area is 158 Å². The first-order valence-corrected chi connectivity index (χ1v) is 8.21. The Morgan fingerprint density at radius 2 is 1.96 bits per heavy atom. The van der Waals surface area contributed by atoms with Crippen molar-refractivity contribution in [1.82, 2.24) is 25.1 Å². The lowest BCUT2D eigenvalue weighted by Gasteiger charge is -2.05. The minimum absolute atomic E-state index is 0.121. The third kappa shape index (κ3) is 3.03. The van der Waals surface area contributed by atoms with Gasteiger partial charge in [-0.1, -0.05) is 27.7 Å². The fourth-order valence-corrected chi connectivity index (χ4v) is 2.60. The molecule has 0 fully saturated rings. The number of nitrogens with zero attached hydrogens (tertiary/aromatic N) is 6. The summed E-state index contributed by atoms with van der Waals surface area (Å²) in [6, 6.07) is 13.5. The van der Waals surface area contributed by atoms with E-state index >= 15 is 0 Å². The number of benzene rings is 2. The molecule has 2 heterocycles. The Morgan fingerprint density at radius 3 is 2.71 bits per heavy atom. The molecule has 10 nitrogen and oxygen atoms in total. The van der Waals surface area contributed by atoms with Crippen molar-refractivity contribution in [1.29, 1.82) is 0 Å². The van der Waals surface area contributed by atoms with Gasteiger partial charge in [-0.05, 0) is 43.3 Å². The highest BCUT2D eigenvalue weighted by Gasteiger charge is 2.20. The van der Waals surface area contributed by atoms with Crippen LogP contribution in [-0.4, -0.2) is 41.2 Å². The summed E-state index contributed by atoms with van der Waals surface area (Å²) in [5.74, 6) is 0.817. The molecule has 0 amide bonds. The Balaban J connectivity index is 1.69. The number of phenolic OH excluding ortho intramolecular Hbond substituents is 1. The van der Waals surface area contributed by atoms with Gasteiger partial charge in [0.15, 0.2) is 11.5 Å². The van der Waals surface area contributed by atoms with Gasteiger partial charge in [-0.25, -0.2) is 0 Å². The lowest BCUT2D eigenvalue weighted by Crippen LogP contribution is -2.04. The first kappa shape index (κ1) is 17.2. The quantitative estimate of drug-likeness (QED) is 0.279. The van der Waals surface area contributed by atoms with Crippen molar-refractivity contribution < 1.29 is 14.8 Å². The molecule has 140 valence electrons. The zero-order chi connectivity index (χ0) is 19.7. The molecule has 0 bridgehead atoms. The molecule has 0 spiro atoms. The Bertz CT molecular complexity index is 1160. The number of nitrogen functional groups attached to an aromatic ring is 1. The van der Waals surface area contributed by atoms with Crippen LogP contribution < -0.4 is 5.73 Å². The molecule has 2 aromatic heterocycles. The van der Waals surface area contributed by atoms with Crippen molar-refractivity contribution in [3.8, 4) is 34.4 Å². The lowest BCUT2D eigenvalue weighted by molar-refractivity contribution is 0.319. The van der Waals surface area contributed by atoms with Crippen LogP contribution in [0.5, 0.6) is 5.75 Å². The fourth-order valence-electron chi connectivity index (χ4n) is 2.60. The van der Waals surface area contributed by atoms with E-state index in [0.717, 1.165) is 0 Å². The van der Waals surface area contributed by atoms with E-state index < -0.39 is 0 Å². The number of aromatic nitrogens is 5. The molecular weight excluding hydrogens is 362 g/mol. The summed E-state index contributed by atoms with van der Waals surface area (Å²) in [4.78, 5) is 4.30. The van der Waals surface area contributed by atoms with E-state index in [2.05, 4.69) is 25.6 Å². The van der Waals surface area contributed by atoms with Crippen molar-refractivity contribution in [2.75, 3.05) is 5.73 Å². The van der Waals surface area contributed by atoms with E-state index in [4.69, 9.17) is 15.5 Å². The van der Waals surface area contributed by atoms with Crippen LogP contribution in [0.25, 0.3) is 28.7 Å². The maximum absolute atomic E-state index is 9.38. The van der Waals surface area contributed by atoms with Gasteiger partial charge in [0, 0.05) is 11.1 Å². The zero-order valence-corrected chi connectivity index (χ0v) is 14.7. The molecular formula is C18H15N7O3. The first-order valence-electron chi connectivity index (χ1n) is 8.21. The van der Waals surface area contributed by atoms with E-state index in [1.165, 1.54) is 16.8 Å². The van der Waals surface area contributed by atoms with Crippen molar-refractivity contribution in [2.45, 2.75) is 6.92 Å². The van der Waals surface area contributed by atoms with Gasteiger partial charge in [0.1, 0.15) is 5.75 Å². The molecule has 0 aliphatic carbocycles. The molecule has 0 atom stereocenters. The molecule has 0 saturated carbocycles. The van der Waals surface area contributed by atoms with E-state index in [1.54, 1.807) is 43.3 Å². The van der Waals surface area contributed by atoms with Crippen LogP contribution >= 0.6 is 0 Å².